The molecule has 1 saturated heterocycles. The number of hydrogen-bond acceptors (Lipinski definition) is 9. The lowest BCUT2D eigenvalue weighted by atomic mass is 9.96. The van der Waals surface area contributed by atoms with Crippen molar-refractivity contribution < 1.29 is 33.3 Å². The van der Waals surface area contributed by atoms with E-state index in [1.807, 2.05) is 26.8 Å². The molecule has 0 saturated carbocycles. The Hall–Kier alpha value is -4.74. The summed E-state index contributed by atoms with van der Waals surface area (Å²) in [6, 6.07) is 10.8. The predicted molar refractivity (Wildman–Crippen MR) is 169 cm³/mol. The number of likely N-dealkylation sites (tertiary alicyclic amines) is 1. The van der Waals surface area contributed by atoms with E-state index in [0.717, 1.165) is 5.56 Å². The van der Waals surface area contributed by atoms with Gasteiger partial charge in [-0.3, -0.25) is 9.59 Å². The number of hydrogen-bond donors (Lipinski definition) is 2. The number of aromatic nitrogens is 2. The second-order valence-electron chi connectivity index (χ2n) is 11.9. The zero-order chi connectivity index (χ0) is 32.6. The normalized spacial score (nSPS) is 14.3. The average molecular weight is 622 g/mol. The summed E-state index contributed by atoms with van der Waals surface area (Å²) in [6.45, 7) is 7.06. The van der Waals surface area contributed by atoms with Crippen LogP contribution in [0.4, 0.5) is 10.7 Å². The number of methoxy groups -OCH3 is 3. The zero-order valence-corrected chi connectivity index (χ0v) is 26.8. The second kappa shape index (κ2) is 14.8. The molecule has 2 N–H and O–H groups in total. The molecule has 1 aromatic heterocycles. The Morgan fingerprint density at radius 1 is 1.00 bits per heavy atom. The number of benzene rings is 2. The minimum absolute atomic E-state index is 0.128. The molecule has 0 spiro atoms. The molecule has 12 nitrogen and oxygen atoms in total. The number of imidazole rings is 1. The number of ether oxygens (including phenoxy) is 4. The van der Waals surface area contributed by atoms with Gasteiger partial charge in [0.1, 0.15) is 22.8 Å². The molecular formula is C33H43N5O7. The Labute approximate surface area is 264 Å². The standard InChI is InChI=1S/C33H43N5O7/c1-33(2,3)45-32(41)37-17-13-22(14-18-37)20-36-30(40)28(29(39)23-7-10-25(42-4)11-8-23)38(31-34-15-16-35-31)21-24-9-12-26(43-5)19-27(24)44-6/h7-12,15-16,19,22,28H,13-14,17-18,20-21H2,1-6H3,(H,34,35)(H,36,40). The van der Waals surface area contributed by atoms with Crippen molar-refractivity contribution in [3.63, 3.8) is 0 Å². The summed E-state index contributed by atoms with van der Waals surface area (Å²) in [4.78, 5) is 51.5. The summed E-state index contributed by atoms with van der Waals surface area (Å²) in [5.74, 6) is 1.35. The highest BCUT2D eigenvalue weighted by atomic mass is 16.6. The fraction of sp³-hybridized carbons (Fsp3) is 0.455. The Morgan fingerprint density at radius 3 is 2.24 bits per heavy atom. The molecule has 1 atom stereocenters. The highest BCUT2D eigenvalue weighted by Crippen LogP contribution is 2.29. The Kier molecular flexibility index (Phi) is 10.9. The van der Waals surface area contributed by atoms with Crippen LogP contribution in [-0.2, 0) is 16.1 Å². The lowest BCUT2D eigenvalue weighted by Gasteiger charge is -2.34. The highest BCUT2D eigenvalue weighted by molar-refractivity contribution is 6.15. The van der Waals surface area contributed by atoms with Crippen LogP contribution in [0.2, 0.25) is 0 Å². The molecular weight excluding hydrogens is 578 g/mol. The van der Waals surface area contributed by atoms with Crippen LogP contribution in [0, 0.1) is 5.92 Å². The molecule has 0 aliphatic carbocycles. The van der Waals surface area contributed by atoms with Gasteiger partial charge in [-0.1, -0.05) is 0 Å². The summed E-state index contributed by atoms with van der Waals surface area (Å²) in [6.07, 6.45) is 4.26. The van der Waals surface area contributed by atoms with E-state index in [9.17, 15) is 14.4 Å². The number of piperidine rings is 1. The maximum atomic E-state index is 14.2. The first-order valence-corrected chi connectivity index (χ1v) is 14.9. The van der Waals surface area contributed by atoms with Gasteiger partial charge >= 0.3 is 6.09 Å². The van der Waals surface area contributed by atoms with Crippen LogP contribution < -0.4 is 24.4 Å². The summed E-state index contributed by atoms with van der Waals surface area (Å²) >= 11 is 0. The van der Waals surface area contributed by atoms with E-state index in [2.05, 4.69) is 15.3 Å². The van der Waals surface area contributed by atoms with Crippen LogP contribution in [-0.4, -0.2) is 85.3 Å². The van der Waals surface area contributed by atoms with Gasteiger partial charge in [0.2, 0.25) is 5.95 Å². The molecule has 1 fully saturated rings. The van der Waals surface area contributed by atoms with Crippen molar-refractivity contribution in [2.45, 2.75) is 51.8 Å². The van der Waals surface area contributed by atoms with Gasteiger partial charge in [0.05, 0.1) is 27.9 Å². The highest BCUT2D eigenvalue weighted by Gasteiger charge is 2.36. The third kappa shape index (κ3) is 8.68. The van der Waals surface area contributed by atoms with Gasteiger partial charge in [0.15, 0.2) is 11.8 Å². The second-order valence-corrected chi connectivity index (χ2v) is 11.9. The van der Waals surface area contributed by atoms with Crippen molar-refractivity contribution in [3.8, 4) is 17.2 Å². The fourth-order valence-corrected chi connectivity index (χ4v) is 5.17. The Morgan fingerprint density at radius 2 is 1.67 bits per heavy atom. The lowest BCUT2D eigenvalue weighted by molar-refractivity contribution is -0.121. The van der Waals surface area contributed by atoms with E-state index in [0.29, 0.717) is 61.2 Å². The van der Waals surface area contributed by atoms with Crippen LogP contribution in [0.3, 0.4) is 0 Å². The summed E-state index contributed by atoms with van der Waals surface area (Å²) in [5.41, 5.74) is 0.507. The first-order valence-electron chi connectivity index (χ1n) is 14.9. The van der Waals surface area contributed by atoms with Crippen molar-refractivity contribution in [1.29, 1.82) is 0 Å². The maximum absolute atomic E-state index is 14.2. The SMILES string of the molecule is COc1ccc(C(=O)C(C(=O)NCC2CCN(C(=O)OC(C)(C)C)CC2)N(Cc2ccc(OC)cc2OC)c2ncc[nH]2)cc1. The number of carbonyl (C=O) groups excluding carboxylic acids is 3. The number of nitrogens with one attached hydrogen (secondary N) is 2. The Bertz CT molecular complexity index is 1430. The number of ketones is 1. The summed E-state index contributed by atoms with van der Waals surface area (Å²) in [7, 11) is 4.67. The zero-order valence-electron chi connectivity index (χ0n) is 26.8. The molecule has 2 amide bonds. The van der Waals surface area contributed by atoms with Crippen molar-refractivity contribution in [2.75, 3.05) is 45.9 Å². The third-order valence-corrected chi connectivity index (χ3v) is 7.60. The fourth-order valence-electron chi connectivity index (χ4n) is 5.17. The Balaban J connectivity index is 1.58. The van der Waals surface area contributed by atoms with Crippen LogP contribution in [0.1, 0.15) is 49.5 Å². The summed E-state index contributed by atoms with van der Waals surface area (Å²) < 4.78 is 21.7. The molecule has 2 heterocycles. The van der Waals surface area contributed by atoms with Gasteiger partial charge < -0.3 is 39.0 Å². The van der Waals surface area contributed by atoms with Gasteiger partial charge in [0.25, 0.3) is 5.91 Å². The van der Waals surface area contributed by atoms with Gasteiger partial charge in [-0.25, -0.2) is 9.78 Å². The maximum Gasteiger partial charge on any atom is 0.410 e. The molecule has 12 heteroatoms. The van der Waals surface area contributed by atoms with Crippen LogP contribution >= 0.6 is 0 Å². The third-order valence-electron chi connectivity index (χ3n) is 7.60. The van der Waals surface area contributed by atoms with E-state index in [4.69, 9.17) is 18.9 Å². The van der Waals surface area contributed by atoms with Crippen molar-refractivity contribution in [3.05, 3.63) is 66.0 Å². The number of rotatable bonds is 12. The number of nitrogens with zero attached hydrogens (tertiary/aromatic N) is 3. The van der Waals surface area contributed by atoms with E-state index in [-0.39, 0.29) is 18.6 Å². The lowest BCUT2D eigenvalue weighted by Crippen LogP contribution is -2.53. The van der Waals surface area contributed by atoms with E-state index >= 15 is 0 Å². The van der Waals surface area contributed by atoms with Gasteiger partial charge in [-0.2, -0.15) is 0 Å². The first kappa shape index (κ1) is 33.2. The van der Waals surface area contributed by atoms with Crippen LogP contribution in [0.25, 0.3) is 0 Å². The van der Waals surface area contributed by atoms with Gasteiger partial charge in [0, 0.05) is 49.2 Å². The van der Waals surface area contributed by atoms with E-state index < -0.39 is 23.3 Å². The van der Waals surface area contributed by atoms with E-state index in [1.165, 1.54) is 0 Å². The average Bonchev–Trinajstić information content (AvgIpc) is 3.58. The molecule has 45 heavy (non-hydrogen) atoms. The monoisotopic (exact) mass is 621 g/mol. The topological polar surface area (TPSA) is 135 Å². The smallest absolute Gasteiger partial charge is 0.410 e. The molecule has 0 radical (unpaired) electrons. The van der Waals surface area contributed by atoms with Gasteiger partial charge in [-0.15, -0.1) is 0 Å². The first-order chi connectivity index (χ1) is 21.5. The molecule has 0 bridgehead atoms. The molecule has 1 unspecified atom stereocenters. The molecule has 2 aromatic carbocycles. The van der Waals surface area contributed by atoms with Crippen molar-refractivity contribution >= 4 is 23.7 Å². The van der Waals surface area contributed by atoms with Crippen molar-refractivity contribution in [1.82, 2.24) is 20.2 Å². The predicted octanol–water partition coefficient (Wildman–Crippen LogP) is 4.46. The number of Topliss-reactive ketones (excluding diaryl/α,β-unsaturated/α-hetero) is 1. The van der Waals surface area contributed by atoms with Crippen LogP contribution in [0.5, 0.6) is 17.2 Å². The minimum Gasteiger partial charge on any atom is -0.497 e. The number of aromatic amines is 1. The number of amides is 2. The largest absolute Gasteiger partial charge is 0.497 e. The molecule has 4 rings (SSSR count). The molecule has 242 valence electrons. The van der Waals surface area contributed by atoms with Gasteiger partial charge in [-0.05, 0) is 75.9 Å². The number of carbonyl (C=O) groups is 3. The quantitative estimate of drug-likeness (QED) is 0.222. The number of H-pyrrole nitrogens is 1. The molecule has 3 aromatic rings. The molecule has 1 aliphatic rings. The summed E-state index contributed by atoms with van der Waals surface area (Å²) in [5, 5.41) is 3.03. The van der Waals surface area contributed by atoms with Crippen molar-refractivity contribution in [2.24, 2.45) is 5.92 Å². The number of anilines is 1. The molecule has 1 aliphatic heterocycles. The van der Waals surface area contributed by atoms with Crippen LogP contribution in [0.15, 0.2) is 54.9 Å². The minimum atomic E-state index is -1.27. The van der Waals surface area contributed by atoms with E-state index in [1.54, 1.807) is 79.9 Å².